The van der Waals surface area contributed by atoms with Crippen molar-refractivity contribution in [3.63, 3.8) is 0 Å². The lowest BCUT2D eigenvalue weighted by atomic mass is 10.4. The topological polar surface area (TPSA) is 0 Å². The molecule has 0 aliphatic heterocycles. The summed E-state index contributed by atoms with van der Waals surface area (Å²) >= 11 is 17.5. The van der Waals surface area contributed by atoms with E-state index in [-0.39, 0.29) is 0 Å². The van der Waals surface area contributed by atoms with E-state index in [2.05, 4.69) is 74.5 Å². The summed E-state index contributed by atoms with van der Waals surface area (Å²) in [7, 11) is 0. The minimum absolute atomic E-state index is 1.11. The van der Waals surface area contributed by atoms with Crippen LogP contribution in [0.15, 0.2) is 28.7 Å². The van der Waals surface area contributed by atoms with E-state index >= 15 is 0 Å². The van der Waals surface area contributed by atoms with Crippen molar-refractivity contribution in [1.82, 2.24) is 0 Å². The van der Waals surface area contributed by atoms with Gasteiger partial charge in [-0.05, 0) is 63.7 Å². The lowest BCUT2D eigenvalue weighted by molar-refractivity contribution is 1.73. The normalized spacial score (nSPS) is 10.9. The third-order valence-corrected chi connectivity index (χ3v) is 8.80. The van der Waals surface area contributed by atoms with Gasteiger partial charge in [-0.25, -0.2) is 0 Å². The van der Waals surface area contributed by atoms with Crippen molar-refractivity contribution in [3.8, 4) is 9.75 Å². The molecular formula is C8H2Br4S2. The highest BCUT2D eigenvalue weighted by atomic mass is 79.9. The van der Waals surface area contributed by atoms with Gasteiger partial charge < -0.3 is 0 Å². The SMILES string of the molecule is Brc1csc(-c2scc(Br)c2Br)c1Br. The van der Waals surface area contributed by atoms with Gasteiger partial charge in [-0.15, -0.1) is 22.7 Å². The standard InChI is InChI=1S/C8H2Br4S2/c9-3-1-13-7(5(3)11)8-6(12)4(10)2-14-8/h1-2H. The van der Waals surface area contributed by atoms with Crippen LogP contribution in [0.4, 0.5) is 0 Å². The molecule has 0 amide bonds. The van der Waals surface area contributed by atoms with E-state index in [9.17, 15) is 0 Å². The Kier molecular flexibility index (Phi) is 3.94. The number of hydrogen-bond acceptors (Lipinski definition) is 2. The van der Waals surface area contributed by atoms with E-state index in [1.54, 1.807) is 22.7 Å². The molecule has 2 rings (SSSR count). The second-order valence-electron chi connectivity index (χ2n) is 2.45. The largest absolute Gasteiger partial charge is 0.140 e. The Hall–Kier alpha value is 1.32. The van der Waals surface area contributed by atoms with Crippen molar-refractivity contribution in [2.24, 2.45) is 0 Å². The van der Waals surface area contributed by atoms with E-state index in [0.29, 0.717) is 0 Å². The minimum Gasteiger partial charge on any atom is -0.140 e. The maximum atomic E-state index is 3.56. The fourth-order valence-corrected chi connectivity index (χ4v) is 5.73. The monoisotopic (exact) mass is 478 g/mol. The predicted octanol–water partition coefficient (Wildman–Crippen LogP) is 6.53. The summed E-state index contributed by atoms with van der Waals surface area (Å²) in [5.41, 5.74) is 0. The van der Waals surface area contributed by atoms with Gasteiger partial charge in [0.2, 0.25) is 0 Å². The molecule has 0 atom stereocenters. The summed E-state index contributed by atoms with van der Waals surface area (Å²) in [6, 6.07) is 0. The van der Waals surface area contributed by atoms with Crippen LogP contribution in [0, 0.1) is 0 Å². The molecule has 74 valence electrons. The molecule has 0 saturated carbocycles. The molecule has 0 saturated heterocycles. The lowest BCUT2D eigenvalue weighted by Gasteiger charge is -1.95. The highest BCUT2D eigenvalue weighted by Gasteiger charge is 2.15. The van der Waals surface area contributed by atoms with Gasteiger partial charge >= 0.3 is 0 Å². The molecule has 2 aromatic rings. The van der Waals surface area contributed by atoms with Crippen LogP contribution in [-0.2, 0) is 0 Å². The fourth-order valence-electron chi connectivity index (χ4n) is 0.952. The zero-order chi connectivity index (χ0) is 10.3. The first-order valence-corrected chi connectivity index (χ1v) is 8.39. The van der Waals surface area contributed by atoms with Crippen molar-refractivity contribution in [2.75, 3.05) is 0 Å². The Balaban J connectivity index is 2.60. The number of halogens is 4. The second-order valence-corrected chi connectivity index (χ2v) is 7.51. The molecule has 0 fully saturated rings. The molecule has 2 aromatic heterocycles. The lowest BCUT2D eigenvalue weighted by Crippen LogP contribution is -1.67. The summed E-state index contributed by atoms with van der Waals surface area (Å²) in [5, 5.41) is 4.17. The number of rotatable bonds is 1. The Morgan fingerprint density at radius 3 is 1.29 bits per heavy atom. The van der Waals surface area contributed by atoms with Gasteiger partial charge in [-0.3, -0.25) is 0 Å². The third-order valence-electron chi connectivity index (χ3n) is 1.58. The summed E-state index contributed by atoms with van der Waals surface area (Å²) in [4.78, 5) is 2.50. The quantitative estimate of drug-likeness (QED) is 0.434. The maximum absolute atomic E-state index is 3.56. The van der Waals surface area contributed by atoms with Gasteiger partial charge in [-0.2, -0.15) is 0 Å². The first-order chi connectivity index (χ1) is 6.61. The van der Waals surface area contributed by atoms with Crippen LogP contribution in [-0.4, -0.2) is 0 Å². The van der Waals surface area contributed by atoms with Crippen molar-refractivity contribution in [1.29, 1.82) is 0 Å². The summed E-state index contributed by atoms with van der Waals surface area (Å²) in [6.45, 7) is 0. The fraction of sp³-hybridized carbons (Fsp3) is 0. The van der Waals surface area contributed by atoms with Crippen molar-refractivity contribution >= 4 is 86.4 Å². The Morgan fingerprint density at radius 1 is 0.714 bits per heavy atom. The highest BCUT2D eigenvalue weighted by Crippen LogP contribution is 2.47. The van der Waals surface area contributed by atoms with E-state index < -0.39 is 0 Å². The molecule has 6 heteroatoms. The van der Waals surface area contributed by atoms with Crippen LogP contribution in [0.5, 0.6) is 0 Å². The third kappa shape index (κ3) is 2.06. The van der Waals surface area contributed by atoms with Gasteiger partial charge in [0, 0.05) is 19.7 Å². The highest BCUT2D eigenvalue weighted by molar-refractivity contribution is 9.13. The molecule has 0 unspecified atom stereocenters. The van der Waals surface area contributed by atoms with E-state index in [4.69, 9.17) is 0 Å². The molecule has 0 N–H and O–H groups in total. The zero-order valence-electron chi connectivity index (χ0n) is 6.48. The van der Waals surface area contributed by atoms with Crippen LogP contribution in [0.1, 0.15) is 0 Å². The average Bonchev–Trinajstić information content (AvgIpc) is 2.63. The van der Waals surface area contributed by atoms with Crippen LogP contribution < -0.4 is 0 Å². The van der Waals surface area contributed by atoms with Crippen LogP contribution in [0.3, 0.4) is 0 Å². The van der Waals surface area contributed by atoms with Gasteiger partial charge in [-0.1, -0.05) is 0 Å². The van der Waals surface area contributed by atoms with Crippen LogP contribution >= 0.6 is 86.4 Å². The van der Waals surface area contributed by atoms with Crippen molar-refractivity contribution < 1.29 is 0 Å². The van der Waals surface area contributed by atoms with Gasteiger partial charge in [0.15, 0.2) is 0 Å². The summed E-state index contributed by atoms with van der Waals surface area (Å²) in [6.07, 6.45) is 0. The molecule has 14 heavy (non-hydrogen) atoms. The molecule has 0 aliphatic rings. The van der Waals surface area contributed by atoms with Gasteiger partial charge in [0.25, 0.3) is 0 Å². The second kappa shape index (κ2) is 4.67. The van der Waals surface area contributed by atoms with Gasteiger partial charge in [0.1, 0.15) is 0 Å². The molecule has 0 nitrogen and oxygen atoms in total. The van der Waals surface area contributed by atoms with E-state index in [1.165, 1.54) is 9.75 Å². The van der Waals surface area contributed by atoms with E-state index in [1.807, 2.05) is 0 Å². The first kappa shape index (κ1) is 11.8. The molecule has 0 aromatic carbocycles. The molecule has 2 heterocycles. The molecule has 0 radical (unpaired) electrons. The Bertz CT molecular complexity index is 427. The molecular weight excluding hydrogens is 480 g/mol. The van der Waals surface area contributed by atoms with Crippen LogP contribution in [0.25, 0.3) is 9.75 Å². The van der Waals surface area contributed by atoms with Crippen LogP contribution in [0.2, 0.25) is 0 Å². The Morgan fingerprint density at radius 2 is 1.07 bits per heavy atom. The molecule has 0 spiro atoms. The van der Waals surface area contributed by atoms with Gasteiger partial charge in [0.05, 0.1) is 18.7 Å². The van der Waals surface area contributed by atoms with Crippen molar-refractivity contribution in [2.45, 2.75) is 0 Å². The molecule has 0 aliphatic carbocycles. The van der Waals surface area contributed by atoms with E-state index in [0.717, 1.165) is 17.9 Å². The minimum atomic E-state index is 1.11. The smallest absolute Gasteiger partial charge is 0.0608 e. The zero-order valence-corrected chi connectivity index (χ0v) is 14.5. The summed E-state index contributed by atoms with van der Waals surface area (Å²) < 4.78 is 4.46. The molecule has 0 bridgehead atoms. The first-order valence-electron chi connectivity index (χ1n) is 3.46. The maximum Gasteiger partial charge on any atom is 0.0608 e. The predicted molar refractivity (Wildman–Crippen MR) is 78.4 cm³/mol. The van der Waals surface area contributed by atoms with Crippen molar-refractivity contribution in [3.05, 3.63) is 28.7 Å². The number of hydrogen-bond donors (Lipinski definition) is 0. The number of thiophene rings is 2. The summed E-state index contributed by atoms with van der Waals surface area (Å²) in [5.74, 6) is 0. The Labute approximate surface area is 123 Å². The average molecular weight is 482 g/mol.